The first-order valence-electron chi connectivity index (χ1n) is 20.0. The monoisotopic (exact) mass is 816 g/mol. The number of aliphatic hydroxyl groups excluding tert-OH is 7. The average Bonchev–Trinajstić information content (AvgIpc) is 3.16. The summed E-state index contributed by atoms with van der Waals surface area (Å²) in [6, 6.07) is 4.39. The molecule has 1 aromatic carbocycles. The number of carboxylic acids is 1. The molecule has 326 valence electrons. The molecule has 0 aliphatic carbocycles. The van der Waals surface area contributed by atoms with Crippen molar-refractivity contribution in [2.24, 2.45) is 0 Å². The molecule has 1 fully saturated rings. The van der Waals surface area contributed by atoms with Crippen molar-refractivity contribution < 1.29 is 84.1 Å². The largest absolute Gasteiger partial charge is 0.507 e. The highest BCUT2D eigenvalue weighted by Gasteiger charge is 2.49. The summed E-state index contributed by atoms with van der Waals surface area (Å²) < 4.78 is 21.0. The minimum absolute atomic E-state index is 0.000459. The van der Waals surface area contributed by atoms with E-state index in [1.165, 1.54) is 12.1 Å². The number of hydrogen-bond donors (Lipinski definition) is 9. The Kier molecular flexibility index (Phi) is 23.4. The summed E-state index contributed by atoms with van der Waals surface area (Å²) in [5.74, 6) is -3.71. The van der Waals surface area contributed by atoms with E-state index in [-0.39, 0.29) is 23.5 Å². The number of unbranched alkanes of at least 4 members (excludes halogenated alkanes) is 12. The van der Waals surface area contributed by atoms with Crippen LogP contribution in [0.2, 0.25) is 0 Å². The Bertz CT molecular complexity index is 1360. The third-order valence-corrected chi connectivity index (χ3v) is 10.0. The van der Waals surface area contributed by atoms with Gasteiger partial charge in [-0.05, 0) is 37.8 Å². The molecule has 0 radical (unpaired) electrons. The molecule has 57 heavy (non-hydrogen) atoms. The molecule has 1 aliphatic rings. The Morgan fingerprint density at radius 3 is 1.89 bits per heavy atom. The molecule has 2 unspecified atom stereocenters. The van der Waals surface area contributed by atoms with Crippen LogP contribution in [-0.4, -0.2) is 144 Å². The van der Waals surface area contributed by atoms with Crippen LogP contribution in [0.25, 0.3) is 0 Å². The normalized spacial score (nSPS) is 22.2. The molecule has 0 saturated carbocycles. The molecule has 0 bridgehead atoms. The summed E-state index contributed by atoms with van der Waals surface area (Å²) in [6.07, 6.45) is -2.88. The van der Waals surface area contributed by atoms with Gasteiger partial charge in [0.15, 0.2) is 18.5 Å². The number of carbonyl (C=O) groups is 4. The van der Waals surface area contributed by atoms with E-state index in [1.807, 2.05) is 0 Å². The van der Waals surface area contributed by atoms with Crippen molar-refractivity contribution in [3.63, 3.8) is 0 Å². The van der Waals surface area contributed by atoms with Gasteiger partial charge < -0.3 is 64.9 Å². The van der Waals surface area contributed by atoms with Crippen LogP contribution in [0.4, 0.5) is 0 Å². The van der Waals surface area contributed by atoms with Crippen molar-refractivity contribution in [2.75, 3.05) is 13.2 Å². The van der Waals surface area contributed by atoms with E-state index in [0.29, 0.717) is 18.4 Å². The average molecular weight is 817 g/mol. The van der Waals surface area contributed by atoms with E-state index >= 15 is 0 Å². The van der Waals surface area contributed by atoms with Crippen molar-refractivity contribution in [3.05, 3.63) is 29.3 Å². The van der Waals surface area contributed by atoms with Gasteiger partial charge in [-0.1, -0.05) is 82.8 Å². The number of ether oxygens (including phenoxy) is 4. The van der Waals surface area contributed by atoms with Gasteiger partial charge in [-0.15, -0.1) is 0 Å². The van der Waals surface area contributed by atoms with Crippen molar-refractivity contribution in [1.82, 2.24) is 0 Å². The number of aromatic carboxylic acids is 1. The molecule has 17 heteroatoms. The van der Waals surface area contributed by atoms with Gasteiger partial charge in [0.2, 0.25) is 0 Å². The standard InChI is InChI=1S/C40H64O17/c1-24(54-39(53)36(50)34(48)32(46)29(22-41)56-40-37(55-25(2)43)35(49)33(47)30(23-42)57-40)17-14-12-10-8-6-4-3-5-7-9-11-13-15-19-27(44)21-26-18-16-20-28(45)31(26)38(51)52/h16,18,20,24,29-30,32-37,40-42,45-50H,3-15,17,19,21-23H2,1-2H3,(H,51,52)/t24?,29-,30-,32-,33-,34+,35+,36+,37+,40?/m1/s1. The SMILES string of the molecule is CC(=O)O[C@@H]1C(O[C@H](CO)[C@@H](O)[C@H](O)[C@H](O)C(=O)OC(C)CCCCCCCCCCCCCCCC(=O)Cc2cccc(O)c2C(=O)O)O[C@H](CO)[C@@H](O)[C@@H]1O. The van der Waals surface area contributed by atoms with Gasteiger partial charge in [0.05, 0.1) is 19.3 Å². The Morgan fingerprint density at radius 2 is 1.37 bits per heavy atom. The van der Waals surface area contributed by atoms with Crippen LogP contribution in [0.1, 0.15) is 126 Å². The minimum atomic E-state index is -2.22. The number of aromatic hydroxyl groups is 1. The molecule has 1 saturated heterocycles. The molecule has 1 heterocycles. The zero-order valence-corrected chi connectivity index (χ0v) is 33.0. The van der Waals surface area contributed by atoms with Crippen LogP contribution >= 0.6 is 0 Å². The van der Waals surface area contributed by atoms with E-state index in [0.717, 1.165) is 90.4 Å². The Morgan fingerprint density at radius 1 is 0.807 bits per heavy atom. The zero-order valence-electron chi connectivity index (χ0n) is 33.0. The highest BCUT2D eigenvalue weighted by atomic mass is 16.7. The molecular weight excluding hydrogens is 752 g/mol. The lowest BCUT2D eigenvalue weighted by molar-refractivity contribution is -0.324. The first-order valence-corrected chi connectivity index (χ1v) is 20.0. The van der Waals surface area contributed by atoms with E-state index in [9.17, 15) is 65.1 Å². The highest BCUT2D eigenvalue weighted by Crippen LogP contribution is 2.27. The fraction of sp³-hybridized carbons (Fsp3) is 0.750. The lowest BCUT2D eigenvalue weighted by atomic mass is 9.98. The van der Waals surface area contributed by atoms with Gasteiger partial charge in [0.1, 0.15) is 53.7 Å². The predicted octanol–water partition coefficient (Wildman–Crippen LogP) is 1.82. The summed E-state index contributed by atoms with van der Waals surface area (Å²) >= 11 is 0. The summed E-state index contributed by atoms with van der Waals surface area (Å²) in [4.78, 5) is 47.8. The molecular formula is C40H64O17. The van der Waals surface area contributed by atoms with Crippen LogP contribution in [0, 0.1) is 0 Å². The van der Waals surface area contributed by atoms with Gasteiger partial charge in [0.25, 0.3) is 0 Å². The number of aliphatic hydroxyl groups is 7. The molecule has 0 amide bonds. The van der Waals surface area contributed by atoms with Crippen molar-refractivity contribution in [2.45, 2.75) is 178 Å². The fourth-order valence-corrected chi connectivity index (χ4v) is 6.74. The summed E-state index contributed by atoms with van der Waals surface area (Å²) in [5, 5.41) is 90.4. The molecule has 17 nitrogen and oxygen atoms in total. The quantitative estimate of drug-likeness (QED) is 0.0412. The van der Waals surface area contributed by atoms with Gasteiger partial charge in [0, 0.05) is 19.8 Å². The number of esters is 2. The Balaban J connectivity index is 1.55. The molecule has 9 N–H and O–H groups in total. The van der Waals surface area contributed by atoms with Crippen molar-refractivity contribution in [1.29, 1.82) is 0 Å². The van der Waals surface area contributed by atoms with Crippen LogP contribution in [0.15, 0.2) is 18.2 Å². The lowest BCUT2D eigenvalue weighted by Gasteiger charge is -2.42. The number of hydrogen-bond acceptors (Lipinski definition) is 16. The fourth-order valence-electron chi connectivity index (χ4n) is 6.74. The Hall–Kier alpha value is -3.26. The maximum atomic E-state index is 12.5. The summed E-state index contributed by atoms with van der Waals surface area (Å²) in [6.45, 7) is 0.896. The van der Waals surface area contributed by atoms with Gasteiger partial charge in [-0.25, -0.2) is 9.59 Å². The second-order valence-electron chi connectivity index (χ2n) is 14.8. The van der Waals surface area contributed by atoms with Crippen LogP contribution < -0.4 is 0 Å². The number of Topliss-reactive ketones (excluding diaryl/α,β-unsaturated/α-hetero) is 1. The number of ketones is 1. The molecule has 2 rings (SSSR count). The van der Waals surface area contributed by atoms with E-state index in [4.69, 9.17) is 18.9 Å². The van der Waals surface area contributed by atoms with Gasteiger partial charge >= 0.3 is 17.9 Å². The van der Waals surface area contributed by atoms with E-state index < -0.39 is 92.3 Å². The topological polar surface area (TPSA) is 287 Å². The first kappa shape index (κ1) is 49.9. The van der Waals surface area contributed by atoms with Gasteiger partial charge in [-0.2, -0.15) is 0 Å². The maximum absolute atomic E-state index is 12.5. The van der Waals surface area contributed by atoms with Crippen molar-refractivity contribution >= 4 is 23.7 Å². The maximum Gasteiger partial charge on any atom is 0.339 e. The molecule has 1 aliphatic heterocycles. The number of phenols is 1. The number of carboxylic acid groups (broad SMARTS) is 1. The summed E-state index contributed by atoms with van der Waals surface area (Å²) in [7, 11) is 0. The first-order chi connectivity index (χ1) is 27.1. The smallest absolute Gasteiger partial charge is 0.339 e. The number of benzene rings is 1. The van der Waals surface area contributed by atoms with E-state index in [2.05, 4.69) is 0 Å². The van der Waals surface area contributed by atoms with Crippen LogP contribution in [0.5, 0.6) is 5.75 Å². The summed E-state index contributed by atoms with van der Waals surface area (Å²) in [5.41, 5.74) is 0.119. The molecule has 1 aromatic rings. The zero-order chi connectivity index (χ0) is 42.5. The third kappa shape index (κ3) is 17.2. The molecule has 0 aromatic heterocycles. The van der Waals surface area contributed by atoms with Crippen LogP contribution in [0.3, 0.4) is 0 Å². The molecule has 0 spiro atoms. The highest BCUT2D eigenvalue weighted by molar-refractivity contribution is 5.94. The second kappa shape index (κ2) is 26.7. The third-order valence-electron chi connectivity index (χ3n) is 10.0. The van der Waals surface area contributed by atoms with Crippen LogP contribution in [-0.2, 0) is 39.8 Å². The minimum Gasteiger partial charge on any atom is -0.507 e. The second-order valence-corrected chi connectivity index (χ2v) is 14.8. The Labute approximate surface area is 333 Å². The lowest BCUT2D eigenvalue weighted by Crippen LogP contribution is -2.62. The molecule has 10 atom stereocenters. The number of carbonyl (C=O) groups excluding carboxylic acids is 3. The van der Waals surface area contributed by atoms with Crippen molar-refractivity contribution in [3.8, 4) is 5.75 Å². The number of rotatable bonds is 29. The van der Waals surface area contributed by atoms with E-state index in [1.54, 1.807) is 13.0 Å². The predicted molar refractivity (Wildman–Crippen MR) is 202 cm³/mol. The van der Waals surface area contributed by atoms with Gasteiger partial charge in [-0.3, -0.25) is 9.59 Å².